The lowest BCUT2D eigenvalue weighted by molar-refractivity contribution is -0.118. The van der Waals surface area contributed by atoms with Gasteiger partial charge in [-0.15, -0.1) is 15.0 Å². The van der Waals surface area contributed by atoms with E-state index in [1.165, 1.54) is 0 Å². The molecule has 28 heavy (non-hydrogen) atoms. The van der Waals surface area contributed by atoms with Gasteiger partial charge < -0.3 is 10.1 Å². The van der Waals surface area contributed by atoms with Gasteiger partial charge in [-0.1, -0.05) is 18.2 Å². The molecule has 1 amide bonds. The van der Waals surface area contributed by atoms with Crippen LogP contribution in [0.25, 0.3) is 16.7 Å². The van der Waals surface area contributed by atoms with E-state index >= 15 is 0 Å². The van der Waals surface area contributed by atoms with E-state index in [1.807, 2.05) is 73.7 Å². The third-order valence-corrected chi connectivity index (χ3v) is 4.82. The molecule has 1 heterocycles. The normalized spacial score (nSPS) is 10.8. The van der Waals surface area contributed by atoms with E-state index in [2.05, 4.69) is 38.1 Å². The topological polar surface area (TPSA) is 69.0 Å². The Labute approximate surface area is 175 Å². The largest absolute Gasteiger partial charge is 0.481 e. The second-order valence-electron chi connectivity index (χ2n) is 6.29. The molecule has 0 aliphatic carbocycles. The van der Waals surface area contributed by atoms with Crippen molar-refractivity contribution >= 4 is 45.2 Å². The maximum absolute atomic E-state index is 12.3. The van der Waals surface area contributed by atoms with Crippen molar-refractivity contribution in [2.75, 3.05) is 11.9 Å². The van der Waals surface area contributed by atoms with Crippen molar-refractivity contribution in [2.24, 2.45) is 0 Å². The van der Waals surface area contributed by atoms with Gasteiger partial charge in [-0.05, 0) is 83.6 Å². The fraction of sp³-hybridized carbons (Fsp3) is 0.0952. The Balaban J connectivity index is 1.53. The predicted molar refractivity (Wildman–Crippen MR) is 117 cm³/mol. The van der Waals surface area contributed by atoms with Gasteiger partial charge >= 0.3 is 0 Å². The number of aromatic nitrogens is 3. The molecular weight excluding hydrogens is 467 g/mol. The molecule has 0 saturated carbocycles. The Bertz CT molecular complexity index is 1110. The summed E-state index contributed by atoms with van der Waals surface area (Å²) in [6.45, 7) is 1.88. The van der Waals surface area contributed by atoms with Crippen LogP contribution in [0.1, 0.15) is 5.56 Å². The summed E-state index contributed by atoms with van der Waals surface area (Å²) in [6, 6.07) is 20.9. The summed E-state index contributed by atoms with van der Waals surface area (Å²) in [5, 5.41) is 11.9. The van der Waals surface area contributed by atoms with Gasteiger partial charge in [-0.2, -0.15) is 0 Å². The molecule has 1 N–H and O–H groups in total. The van der Waals surface area contributed by atoms with Gasteiger partial charge in [0.05, 0.1) is 0 Å². The van der Waals surface area contributed by atoms with Crippen molar-refractivity contribution in [3.8, 4) is 11.4 Å². The first-order valence-electron chi connectivity index (χ1n) is 8.70. The molecule has 0 aliphatic rings. The molecule has 140 valence electrons. The van der Waals surface area contributed by atoms with E-state index < -0.39 is 0 Å². The minimum Gasteiger partial charge on any atom is -0.481 e. The van der Waals surface area contributed by atoms with Gasteiger partial charge in [0.2, 0.25) is 0 Å². The van der Waals surface area contributed by atoms with Crippen LogP contribution in [0.15, 0.2) is 66.7 Å². The first-order chi connectivity index (χ1) is 13.6. The zero-order valence-corrected chi connectivity index (χ0v) is 17.3. The van der Waals surface area contributed by atoms with Crippen LogP contribution in [0.3, 0.4) is 0 Å². The second-order valence-corrected chi connectivity index (χ2v) is 7.54. The lowest BCUT2D eigenvalue weighted by Crippen LogP contribution is -2.20. The summed E-state index contributed by atoms with van der Waals surface area (Å²) >= 11 is 2.22. The monoisotopic (exact) mass is 484 g/mol. The van der Waals surface area contributed by atoms with Crippen molar-refractivity contribution in [1.82, 2.24) is 15.0 Å². The first kappa shape index (κ1) is 18.4. The zero-order valence-electron chi connectivity index (χ0n) is 15.1. The zero-order chi connectivity index (χ0) is 19.5. The van der Waals surface area contributed by atoms with Gasteiger partial charge in [0.25, 0.3) is 5.91 Å². The molecule has 0 aliphatic heterocycles. The molecule has 1 aromatic heterocycles. The number of nitrogens with zero attached hydrogens (tertiary/aromatic N) is 3. The van der Waals surface area contributed by atoms with E-state index in [9.17, 15) is 4.79 Å². The highest BCUT2D eigenvalue weighted by Gasteiger charge is 2.12. The molecule has 0 unspecified atom stereocenters. The van der Waals surface area contributed by atoms with Crippen LogP contribution in [0, 0.1) is 10.5 Å². The smallest absolute Gasteiger partial charge is 0.262 e. The number of amides is 1. The van der Waals surface area contributed by atoms with Crippen molar-refractivity contribution in [1.29, 1.82) is 0 Å². The van der Waals surface area contributed by atoms with E-state index in [1.54, 1.807) is 4.80 Å². The highest BCUT2D eigenvalue weighted by atomic mass is 127. The minimum atomic E-state index is -0.230. The predicted octanol–water partition coefficient (Wildman–Crippen LogP) is 4.35. The lowest BCUT2D eigenvalue weighted by Gasteiger charge is -2.12. The number of fused-ring (bicyclic) bond motifs is 1. The standard InChI is InChI=1S/C21H17IN4O2/c1-14-6-11-20(28-13-21(27)23-16-9-7-15(22)8-10-16)19(12-14)26-24-17-4-2-3-5-18(17)25-26/h2-12H,13H2,1H3,(H,23,27). The Kier molecular flexibility index (Phi) is 5.25. The van der Waals surface area contributed by atoms with Crippen molar-refractivity contribution in [3.05, 3.63) is 75.9 Å². The molecule has 3 aromatic carbocycles. The fourth-order valence-corrected chi connectivity index (χ4v) is 3.11. The molecule has 0 fully saturated rings. The SMILES string of the molecule is Cc1ccc(OCC(=O)Nc2ccc(I)cc2)c(-n2nc3ccccc3n2)c1. The first-order valence-corrected chi connectivity index (χ1v) is 9.78. The summed E-state index contributed by atoms with van der Waals surface area (Å²) in [6.07, 6.45) is 0. The average Bonchev–Trinajstić information content (AvgIpc) is 3.13. The summed E-state index contributed by atoms with van der Waals surface area (Å²) in [5.74, 6) is 0.315. The van der Waals surface area contributed by atoms with Crippen LogP contribution in [-0.4, -0.2) is 27.5 Å². The molecule has 0 atom stereocenters. The molecule has 4 rings (SSSR count). The Morgan fingerprint density at radius 3 is 2.39 bits per heavy atom. The molecule has 0 bridgehead atoms. The number of nitrogens with one attached hydrogen (secondary N) is 1. The average molecular weight is 484 g/mol. The van der Waals surface area contributed by atoms with Crippen molar-refractivity contribution in [3.63, 3.8) is 0 Å². The molecule has 0 radical (unpaired) electrons. The van der Waals surface area contributed by atoms with Gasteiger partial charge in [-0.3, -0.25) is 4.79 Å². The maximum Gasteiger partial charge on any atom is 0.262 e. The quantitative estimate of drug-likeness (QED) is 0.428. The lowest BCUT2D eigenvalue weighted by atomic mass is 10.2. The van der Waals surface area contributed by atoms with E-state index in [0.717, 1.165) is 25.9 Å². The molecule has 0 saturated heterocycles. The fourth-order valence-electron chi connectivity index (χ4n) is 2.75. The minimum absolute atomic E-state index is 0.108. The summed E-state index contributed by atoms with van der Waals surface area (Å²) in [5.41, 5.74) is 4.07. The van der Waals surface area contributed by atoms with E-state index in [-0.39, 0.29) is 12.5 Å². The third kappa shape index (κ3) is 4.14. The number of aryl methyl sites for hydroxylation is 1. The van der Waals surface area contributed by atoms with Crippen LogP contribution in [-0.2, 0) is 4.79 Å². The number of carbonyl (C=O) groups is 1. The van der Waals surface area contributed by atoms with Crippen LogP contribution >= 0.6 is 22.6 Å². The Hall–Kier alpha value is -2.94. The van der Waals surface area contributed by atoms with Crippen LogP contribution in [0.5, 0.6) is 5.75 Å². The summed E-state index contributed by atoms with van der Waals surface area (Å²) < 4.78 is 6.89. The number of rotatable bonds is 5. The molecule has 6 nitrogen and oxygen atoms in total. The van der Waals surface area contributed by atoms with Crippen LogP contribution in [0.4, 0.5) is 5.69 Å². The Morgan fingerprint density at radius 2 is 1.71 bits per heavy atom. The van der Waals surface area contributed by atoms with Crippen LogP contribution < -0.4 is 10.1 Å². The number of hydrogen-bond donors (Lipinski definition) is 1. The molecule has 7 heteroatoms. The van der Waals surface area contributed by atoms with E-state index in [4.69, 9.17) is 4.74 Å². The number of anilines is 1. The number of carbonyl (C=O) groups excluding carboxylic acids is 1. The van der Waals surface area contributed by atoms with Gasteiger partial charge in [0.15, 0.2) is 6.61 Å². The highest BCUT2D eigenvalue weighted by Crippen LogP contribution is 2.24. The highest BCUT2D eigenvalue weighted by molar-refractivity contribution is 14.1. The van der Waals surface area contributed by atoms with Crippen molar-refractivity contribution in [2.45, 2.75) is 6.92 Å². The van der Waals surface area contributed by atoms with Crippen molar-refractivity contribution < 1.29 is 9.53 Å². The molecule has 4 aromatic rings. The van der Waals surface area contributed by atoms with E-state index in [0.29, 0.717) is 11.4 Å². The summed E-state index contributed by atoms with van der Waals surface area (Å²) in [7, 11) is 0. The van der Waals surface area contributed by atoms with Crippen LogP contribution in [0.2, 0.25) is 0 Å². The Morgan fingerprint density at radius 1 is 1.04 bits per heavy atom. The third-order valence-electron chi connectivity index (χ3n) is 4.10. The van der Waals surface area contributed by atoms with Gasteiger partial charge in [-0.25, -0.2) is 0 Å². The number of halogens is 1. The van der Waals surface area contributed by atoms with Gasteiger partial charge in [0, 0.05) is 9.26 Å². The second kappa shape index (κ2) is 7.97. The van der Waals surface area contributed by atoms with Gasteiger partial charge in [0.1, 0.15) is 22.5 Å². The number of hydrogen-bond acceptors (Lipinski definition) is 4. The number of benzene rings is 3. The molecular formula is C21H17IN4O2. The molecule has 0 spiro atoms. The number of ether oxygens (including phenoxy) is 1. The maximum atomic E-state index is 12.3. The summed E-state index contributed by atoms with van der Waals surface area (Å²) in [4.78, 5) is 13.8.